The molecule has 0 radical (unpaired) electrons. The zero-order valence-corrected chi connectivity index (χ0v) is 21.4. The average Bonchev–Trinajstić information content (AvgIpc) is 2.70. The standard InChI is InChI=1S/C28H60N/c1-5-7-9-11-13-14-15-16-17-18-19-20-21-22-24-26-28-29(3,4)27-25-23-12-10-8-6-2/h5-28H2,1-4H3/q+1. The summed E-state index contributed by atoms with van der Waals surface area (Å²) >= 11 is 0. The molecule has 0 aliphatic carbocycles. The summed E-state index contributed by atoms with van der Waals surface area (Å²) in [6.07, 6.45) is 32.0. The van der Waals surface area contributed by atoms with Gasteiger partial charge in [-0.05, 0) is 25.7 Å². The fraction of sp³-hybridized carbons (Fsp3) is 1.00. The van der Waals surface area contributed by atoms with Crippen LogP contribution < -0.4 is 0 Å². The number of hydrogen-bond donors (Lipinski definition) is 0. The van der Waals surface area contributed by atoms with Crippen LogP contribution in [0.15, 0.2) is 0 Å². The van der Waals surface area contributed by atoms with Crippen LogP contribution in [0.2, 0.25) is 0 Å². The molecule has 1 heteroatoms. The maximum atomic E-state index is 2.44. The van der Waals surface area contributed by atoms with Crippen LogP contribution in [0.25, 0.3) is 0 Å². The molecule has 0 saturated heterocycles. The summed E-state index contributed by atoms with van der Waals surface area (Å²) in [7, 11) is 4.88. The fourth-order valence-corrected chi connectivity index (χ4v) is 4.52. The van der Waals surface area contributed by atoms with Crippen LogP contribution in [0.1, 0.15) is 155 Å². The molecule has 0 atom stereocenters. The van der Waals surface area contributed by atoms with Gasteiger partial charge in [0, 0.05) is 0 Å². The molecule has 0 bridgehead atoms. The van der Waals surface area contributed by atoms with Crippen LogP contribution in [-0.2, 0) is 0 Å². The predicted octanol–water partition coefficient (Wildman–Crippen LogP) is 9.68. The van der Waals surface area contributed by atoms with E-state index in [1.165, 1.54) is 159 Å². The third-order valence-corrected chi connectivity index (χ3v) is 6.73. The molecule has 0 saturated carbocycles. The van der Waals surface area contributed by atoms with E-state index in [-0.39, 0.29) is 0 Å². The van der Waals surface area contributed by atoms with E-state index in [9.17, 15) is 0 Å². The van der Waals surface area contributed by atoms with Crippen molar-refractivity contribution in [3.8, 4) is 0 Å². The second-order valence-corrected chi connectivity index (χ2v) is 10.5. The van der Waals surface area contributed by atoms with Crippen LogP contribution >= 0.6 is 0 Å². The van der Waals surface area contributed by atoms with Gasteiger partial charge >= 0.3 is 0 Å². The van der Waals surface area contributed by atoms with E-state index >= 15 is 0 Å². The summed E-state index contributed by atoms with van der Waals surface area (Å²) in [5.41, 5.74) is 0. The molecule has 0 aromatic carbocycles. The summed E-state index contributed by atoms with van der Waals surface area (Å²) < 4.78 is 1.24. The minimum absolute atomic E-state index is 1.24. The van der Waals surface area contributed by atoms with Gasteiger partial charge < -0.3 is 4.48 Å². The maximum Gasteiger partial charge on any atom is 0.0782 e. The lowest BCUT2D eigenvalue weighted by Crippen LogP contribution is -2.41. The van der Waals surface area contributed by atoms with Gasteiger partial charge in [-0.25, -0.2) is 0 Å². The third-order valence-electron chi connectivity index (χ3n) is 6.73. The highest BCUT2D eigenvalue weighted by molar-refractivity contribution is 4.50. The molecular formula is C28H60N+. The number of unbranched alkanes of at least 4 members (excludes halogenated alkanes) is 20. The Morgan fingerprint density at radius 3 is 0.759 bits per heavy atom. The van der Waals surface area contributed by atoms with Crippen molar-refractivity contribution in [1.29, 1.82) is 0 Å². The van der Waals surface area contributed by atoms with Crippen molar-refractivity contribution in [3.63, 3.8) is 0 Å². The molecule has 0 N–H and O–H groups in total. The lowest BCUT2D eigenvalue weighted by molar-refractivity contribution is -0.890. The summed E-state index contributed by atoms with van der Waals surface area (Å²) in [5, 5.41) is 0. The Kier molecular flexibility index (Phi) is 22.6. The monoisotopic (exact) mass is 410 g/mol. The summed E-state index contributed by atoms with van der Waals surface area (Å²) in [6.45, 7) is 7.37. The van der Waals surface area contributed by atoms with Crippen molar-refractivity contribution in [2.45, 2.75) is 155 Å². The molecule has 0 aliphatic heterocycles. The summed E-state index contributed by atoms with van der Waals surface area (Å²) in [4.78, 5) is 0. The van der Waals surface area contributed by atoms with Crippen molar-refractivity contribution in [1.82, 2.24) is 0 Å². The highest BCUT2D eigenvalue weighted by Crippen LogP contribution is 2.14. The van der Waals surface area contributed by atoms with Gasteiger partial charge in [0.25, 0.3) is 0 Å². The topological polar surface area (TPSA) is 0 Å². The summed E-state index contributed by atoms with van der Waals surface area (Å²) in [5.74, 6) is 0. The van der Waals surface area contributed by atoms with Crippen LogP contribution in [0.4, 0.5) is 0 Å². The molecule has 1 nitrogen and oxygen atoms in total. The highest BCUT2D eigenvalue weighted by atomic mass is 15.3. The van der Waals surface area contributed by atoms with Crippen LogP contribution in [0, 0.1) is 0 Å². The first-order chi connectivity index (χ1) is 14.1. The Balaban J connectivity index is 3.23. The van der Waals surface area contributed by atoms with Gasteiger partial charge in [0.15, 0.2) is 0 Å². The normalized spacial score (nSPS) is 12.0. The SMILES string of the molecule is CCCCCCCCCCCCCCCCCC[N+](C)(C)CCCCCCCC. The van der Waals surface area contributed by atoms with Gasteiger partial charge in [-0.3, -0.25) is 0 Å². The van der Waals surface area contributed by atoms with Crippen LogP contribution in [0.5, 0.6) is 0 Å². The van der Waals surface area contributed by atoms with Gasteiger partial charge in [0.05, 0.1) is 27.2 Å². The van der Waals surface area contributed by atoms with E-state index in [1.54, 1.807) is 0 Å². The average molecular weight is 411 g/mol. The molecule has 0 aliphatic rings. The van der Waals surface area contributed by atoms with Crippen LogP contribution in [0.3, 0.4) is 0 Å². The molecule has 0 spiro atoms. The number of nitrogens with zero attached hydrogens (tertiary/aromatic N) is 1. The van der Waals surface area contributed by atoms with Crippen molar-refractivity contribution in [3.05, 3.63) is 0 Å². The fourth-order valence-electron chi connectivity index (χ4n) is 4.52. The Labute approximate surface area is 187 Å². The predicted molar refractivity (Wildman–Crippen MR) is 135 cm³/mol. The maximum absolute atomic E-state index is 2.44. The lowest BCUT2D eigenvalue weighted by Gasteiger charge is -2.30. The van der Waals surface area contributed by atoms with Crippen molar-refractivity contribution >= 4 is 0 Å². The van der Waals surface area contributed by atoms with Gasteiger partial charge in [-0.15, -0.1) is 0 Å². The number of quaternary nitrogens is 1. The van der Waals surface area contributed by atoms with Gasteiger partial charge in [0.2, 0.25) is 0 Å². The molecular weight excluding hydrogens is 350 g/mol. The lowest BCUT2D eigenvalue weighted by atomic mass is 10.0. The molecule has 0 heterocycles. The second-order valence-electron chi connectivity index (χ2n) is 10.5. The molecule has 0 aromatic heterocycles. The Morgan fingerprint density at radius 1 is 0.310 bits per heavy atom. The smallest absolute Gasteiger partial charge is 0.0782 e. The molecule has 176 valence electrons. The van der Waals surface area contributed by atoms with E-state index in [0.717, 1.165) is 0 Å². The minimum Gasteiger partial charge on any atom is -0.328 e. The largest absolute Gasteiger partial charge is 0.328 e. The molecule has 0 aromatic rings. The van der Waals surface area contributed by atoms with Crippen LogP contribution in [-0.4, -0.2) is 31.7 Å². The van der Waals surface area contributed by atoms with E-state index < -0.39 is 0 Å². The molecule has 0 rings (SSSR count). The van der Waals surface area contributed by atoms with Crippen molar-refractivity contribution < 1.29 is 4.48 Å². The molecule has 0 unspecified atom stereocenters. The van der Waals surface area contributed by atoms with E-state index in [2.05, 4.69) is 27.9 Å². The van der Waals surface area contributed by atoms with Gasteiger partial charge in [0.1, 0.15) is 0 Å². The zero-order valence-electron chi connectivity index (χ0n) is 21.4. The van der Waals surface area contributed by atoms with E-state index in [0.29, 0.717) is 0 Å². The third kappa shape index (κ3) is 24.1. The zero-order chi connectivity index (χ0) is 21.5. The first-order valence-corrected chi connectivity index (χ1v) is 13.9. The summed E-state index contributed by atoms with van der Waals surface area (Å²) in [6, 6.07) is 0. The Hall–Kier alpha value is -0.0400. The minimum atomic E-state index is 1.24. The second kappa shape index (κ2) is 22.6. The van der Waals surface area contributed by atoms with Gasteiger partial charge in [-0.2, -0.15) is 0 Å². The van der Waals surface area contributed by atoms with E-state index in [4.69, 9.17) is 0 Å². The van der Waals surface area contributed by atoms with Crippen molar-refractivity contribution in [2.24, 2.45) is 0 Å². The number of rotatable bonds is 24. The Morgan fingerprint density at radius 2 is 0.517 bits per heavy atom. The van der Waals surface area contributed by atoms with Gasteiger partial charge in [-0.1, -0.05) is 129 Å². The first-order valence-electron chi connectivity index (χ1n) is 13.9. The van der Waals surface area contributed by atoms with Crippen molar-refractivity contribution in [2.75, 3.05) is 27.2 Å². The first kappa shape index (κ1) is 29.0. The highest BCUT2D eigenvalue weighted by Gasteiger charge is 2.13. The molecule has 29 heavy (non-hydrogen) atoms. The quantitative estimate of drug-likeness (QED) is 0.110. The van der Waals surface area contributed by atoms with E-state index in [1.807, 2.05) is 0 Å². The number of hydrogen-bond acceptors (Lipinski definition) is 0. The molecule has 0 fully saturated rings. The molecule has 0 amide bonds. The Bertz CT molecular complexity index is 297.